The van der Waals surface area contributed by atoms with Crippen molar-refractivity contribution in [1.29, 1.82) is 0 Å². The van der Waals surface area contributed by atoms with Gasteiger partial charge in [0, 0.05) is 19.7 Å². The minimum atomic E-state index is 0.114. The number of hydrogen-bond donors (Lipinski definition) is 0. The van der Waals surface area contributed by atoms with E-state index in [4.69, 9.17) is 9.84 Å². The number of Topliss-reactive ketones (excluding diaryl/α,β-unsaturated/α-hetero) is 1. The van der Waals surface area contributed by atoms with E-state index in [2.05, 4.69) is 29.3 Å². The normalized spacial score (nSPS) is 16.2. The largest absolute Gasteiger partial charge is 0.378 e. The van der Waals surface area contributed by atoms with E-state index >= 15 is 0 Å². The van der Waals surface area contributed by atoms with Crippen molar-refractivity contribution in [2.24, 2.45) is 5.92 Å². The Morgan fingerprint density at radius 3 is 2.55 bits per heavy atom. The first-order valence-corrected chi connectivity index (χ1v) is 10.4. The maximum absolute atomic E-state index is 12.9. The third-order valence-corrected chi connectivity index (χ3v) is 5.72. The van der Waals surface area contributed by atoms with Gasteiger partial charge in [-0.2, -0.15) is 5.10 Å². The standard InChI is InChI=1S/C26H23N3O2/c1-31-17-22-25(20-10-6-3-7-11-20)26-27-16-21-23(29(26)28-22)14-19(15-24(21)30)13-12-18-8-4-2-5-9-18/h2-13,16,19H,14-15,17H2,1H3/b13-12+. The molecular weight excluding hydrogens is 386 g/mol. The van der Waals surface area contributed by atoms with Gasteiger partial charge in [-0.1, -0.05) is 72.8 Å². The summed E-state index contributed by atoms with van der Waals surface area (Å²) in [6.45, 7) is 0.383. The van der Waals surface area contributed by atoms with Crippen molar-refractivity contribution in [3.8, 4) is 11.1 Å². The van der Waals surface area contributed by atoms with Gasteiger partial charge in [-0.15, -0.1) is 0 Å². The van der Waals surface area contributed by atoms with Gasteiger partial charge in [-0.05, 0) is 23.5 Å². The van der Waals surface area contributed by atoms with Crippen LogP contribution >= 0.6 is 0 Å². The smallest absolute Gasteiger partial charge is 0.166 e. The minimum absolute atomic E-state index is 0.114. The zero-order valence-corrected chi connectivity index (χ0v) is 17.4. The monoisotopic (exact) mass is 409 g/mol. The van der Waals surface area contributed by atoms with Crippen LogP contribution in [0.1, 0.15) is 33.7 Å². The Morgan fingerprint density at radius 2 is 1.81 bits per heavy atom. The van der Waals surface area contributed by atoms with Crippen LogP contribution in [0.15, 0.2) is 72.9 Å². The average Bonchev–Trinajstić information content (AvgIpc) is 3.18. The molecule has 5 rings (SSSR count). The number of benzene rings is 2. The first kappa shape index (κ1) is 19.4. The highest BCUT2D eigenvalue weighted by atomic mass is 16.5. The molecule has 0 radical (unpaired) electrons. The fourth-order valence-electron chi connectivity index (χ4n) is 4.26. The molecule has 1 aliphatic rings. The first-order valence-electron chi connectivity index (χ1n) is 10.4. The molecule has 2 heterocycles. The van der Waals surface area contributed by atoms with E-state index in [1.54, 1.807) is 13.3 Å². The lowest BCUT2D eigenvalue weighted by Crippen LogP contribution is -2.22. The summed E-state index contributed by atoms with van der Waals surface area (Å²) in [6, 6.07) is 20.3. The molecular formula is C26H23N3O2. The van der Waals surface area contributed by atoms with Crippen LogP contribution in [0.2, 0.25) is 0 Å². The SMILES string of the molecule is COCc1nn2c3c(cnc2c1-c1ccccc1)C(=O)CC(/C=C/c1ccccc1)C3. The number of carbonyl (C=O) groups excluding carboxylic acids is 1. The zero-order chi connectivity index (χ0) is 21.2. The maximum atomic E-state index is 12.9. The number of nitrogens with zero attached hydrogens (tertiary/aromatic N) is 3. The highest BCUT2D eigenvalue weighted by Gasteiger charge is 2.28. The van der Waals surface area contributed by atoms with Crippen LogP contribution in [0.4, 0.5) is 0 Å². The fraction of sp³-hybridized carbons (Fsp3) is 0.192. The van der Waals surface area contributed by atoms with Crippen molar-refractivity contribution in [2.75, 3.05) is 7.11 Å². The van der Waals surface area contributed by atoms with Gasteiger partial charge in [0.15, 0.2) is 11.4 Å². The molecule has 0 saturated heterocycles. The van der Waals surface area contributed by atoms with Gasteiger partial charge in [0.25, 0.3) is 0 Å². The molecule has 1 atom stereocenters. The van der Waals surface area contributed by atoms with Crippen LogP contribution in [-0.2, 0) is 17.8 Å². The van der Waals surface area contributed by atoms with Gasteiger partial charge in [-0.25, -0.2) is 9.50 Å². The third kappa shape index (κ3) is 3.68. The Hall–Kier alpha value is -3.57. The number of aromatic nitrogens is 3. The molecule has 0 amide bonds. The third-order valence-electron chi connectivity index (χ3n) is 5.72. The van der Waals surface area contributed by atoms with Crippen LogP contribution in [0.3, 0.4) is 0 Å². The highest BCUT2D eigenvalue weighted by molar-refractivity contribution is 5.98. The second kappa shape index (κ2) is 8.28. The molecule has 4 aromatic rings. The summed E-state index contributed by atoms with van der Waals surface area (Å²) in [4.78, 5) is 17.5. The lowest BCUT2D eigenvalue weighted by atomic mass is 9.86. The Morgan fingerprint density at radius 1 is 1.06 bits per heavy atom. The summed E-state index contributed by atoms with van der Waals surface area (Å²) in [5.41, 5.74) is 6.31. The zero-order valence-electron chi connectivity index (χ0n) is 17.4. The second-order valence-corrected chi connectivity index (χ2v) is 7.84. The maximum Gasteiger partial charge on any atom is 0.166 e. The molecule has 1 unspecified atom stereocenters. The van der Waals surface area contributed by atoms with E-state index in [0.29, 0.717) is 18.6 Å². The molecule has 1 aliphatic carbocycles. The highest BCUT2D eigenvalue weighted by Crippen LogP contribution is 2.32. The van der Waals surface area contributed by atoms with E-state index in [1.807, 2.05) is 53.0 Å². The van der Waals surface area contributed by atoms with E-state index in [9.17, 15) is 4.79 Å². The van der Waals surface area contributed by atoms with Crippen molar-refractivity contribution < 1.29 is 9.53 Å². The molecule has 154 valence electrons. The number of ketones is 1. The molecule has 0 fully saturated rings. The van der Waals surface area contributed by atoms with Gasteiger partial charge in [0.1, 0.15) is 0 Å². The predicted octanol–water partition coefficient (Wildman–Crippen LogP) is 5.00. The van der Waals surface area contributed by atoms with Gasteiger partial charge in [0.2, 0.25) is 0 Å². The van der Waals surface area contributed by atoms with Crippen LogP contribution in [0.25, 0.3) is 22.9 Å². The summed E-state index contributed by atoms with van der Waals surface area (Å²) < 4.78 is 7.27. The minimum Gasteiger partial charge on any atom is -0.378 e. The van der Waals surface area contributed by atoms with Crippen LogP contribution in [0, 0.1) is 5.92 Å². The van der Waals surface area contributed by atoms with Gasteiger partial charge < -0.3 is 4.74 Å². The Balaban J connectivity index is 1.59. The second-order valence-electron chi connectivity index (χ2n) is 7.84. The molecule has 0 saturated carbocycles. The van der Waals surface area contributed by atoms with Crippen molar-refractivity contribution in [3.05, 3.63) is 95.5 Å². The van der Waals surface area contributed by atoms with Gasteiger partial charge in [0.05, 0.1) is 29.1 Å². The number of carbonyl (C=O) groups is 1. The summed E-state index contributed by atoms with van der Waals surface area (Å²) in [5, 5.41) is 4.83. The Bertz CT molecular complexity index is 1260. The number of allylic oxidation sites excluding steroid dienone is 1. The molecule has 2 aromatic carbocycles. The summed E-state index contributed by atoms with van der Waals surface area (Å²) in [7, 11) is 1.66. The van der Waals surface area contributed by atoms with E-state index in [-0.39, 0.29) is 11.7 Å². The van der Waals surface area contributed by atoms with Crippen LogP contribution < -0.4 is 0 Å². The molecule has 0 N–H and O–H groups in total. The fourth-order valence-corrected chi connectivity index (χ4v) is 4.26. The Labute approximate surface area is 181 Å². The van der Waals surface area contributed by atoms with Crippen LogP contribution in [-0.4, -0.2) is 27.5 Å². The predicted molar refractivity (Wildman–Crippen MR) is 121 cm³/mol. The molecule has 0 aliphatic heterocycles. The first-order chi connectivity index (χ1) is 15.2. The quantitative estimate of drug-likeness (QED) is 0.465. The van der Waals surface area contributed by atoms with Crippen molar-refractivity contribution in [3.63, 3.8) is 0 Å². The lowest BCUT2D eigenvalue weighted by molar-refractivity contribution is 0.0957. The lowest BCUT2D eigenvalue weighted by Gasteiger charge is -2.21. The van der Waals surface area contributed by atoms with Crippen molar-refractivity contribution in [2.45, 2.75) is 19.4 Å². The Kier molecular flexibility index (Phi) is 5.18. The van der Waals surface area contributed by atoms with Gasteiger partial charge >= 0.3 is 0 Å². The van der Waals surface area contributed by atoms with E-state index in [0.717, 1.165) is 40.1 Å². The molecule has 31 heavy (non-hydrogen) atoms. The molecule has 5 nitrogen and oxygen atoms in total. The summed E-state index contributed by atoms with van der Waals surface area (Å²) in [6.07, 6.45) is 7.18. The number of rotatable bonds is 5. The van der Waals surface area contributed by atoms with Crippen molar-refractivity contribution >= 4 is 17.5 Å². The number of fused-ring (bicyclic) bond motifs is 3. The summed E-state index contributed by atoms with van der Waals surface area (Å²) in [5.74, 6) is 0.240. The van der Waals surface area contributed by atoms with Gasteiger partial charge in [-0.3, -0.25) is 4.79 Å². The van der Waals surface area contributed by atoms with Crippen molar-refractivity contribution in [1.82, 2.24) is 14.6 Å². The van der Waals surface area contributed by atoms with E-state index in [1.165, 1.54) is 0 Å². The molecule has 2 aromatic heterocycles. The molecule has 5 heteroatoms. The molecule has 0 spiro atoms. The van der Waals surface area contributed by atoms with E-state index < -0.39 is 0 Å². The number of ether oxygens (including phenoxy) is 1. The average molecular weight is 409 g/mol. The van der Waals surface area contributed by atoms with Crippen LogP contribution in [0.5, 0.6) is 0 Å². The summed E-state index contributed by atoms with van der Waals surface area (Å²) >= 11 is 0. The number of methoxy groups -OCH3 is 1. The topological polar surface area (TPSA) is 56.5 Å². The number of hydrogen-bond acceptors (Lipinski definition) is 4. The molecule has 0 bridgehead atoms.